The Kier molecular flexibility index (Phi) is 4.06. The summed E-state index contributed by atoms with van der Waals surface area (Å²) in [6.07, 6.45) is 2.41. The van der Waals surface area contributed by atoms with Gasteiger partial charge >= 0.3 is 0 Å². The number of hydrogen-bond donors (Lipinski definition) is 1. The molecule has 1 heterocycles. The minimum atomic E-state index is 0.624. The molecule has 0 aromatic heterocycles. The Morgan fingerprint density at radius 3 is 2.94 bits per heavy atom. The molecule has 0 saturated heterocycles. The zero-order valence-electron chi connectivity index (χ0n) is 11.0. The SMILES string of the molecule is CC(CN)CCN1CC(C)Cc2ccccc21. The van der Waals surface area contributed by atoms with Crippen molar-refractivity contribution < 1.29 is 0 Å². The van der Waals surface area contributed by atoms with Gasteiger partial charge in [0.15, 0.2) is 0 Å². The number of fused-ring (bicyclic) bond motifs is 1. The third-order valence-corrected chi connectivity index (χ3v) is 3.73. The fraction of sp³-hybridized carbons (Fsp3) is 0.600. The van der Waals surface area contributed by atoms with E-state index < -0.39 is 0 Å². The van der Waals surface area contributed by atoms with Gasteiger partial charge in [0, 0.05) is 18.8 Å². The first-order valence-electron chi connectivity index (χ1n) is 6.73. The van der Waals surface area contributed by atoms with Gasteiger partial charge in [-0.3, -0.25) is 0 Å². The molecule has 1 aromatic carbocycles. The molecule has 1 aliphatic heterocycles. The summed E-state index contributed by atoms with van der Waals surface area (Å²) in [6, 6.07) is 8.82. The Morgan fingerprint density at radius 1 is 1.41 bits per heavy atom. The summed E-state index contributed by atoms with van der Waals surface area (Å²) in [6.45, 7) is 7.70. The van der Waals surface area contributed by atoms with E-state index in [2.05, 4.69) is 43.0 Å². The number of anilines is 1. The number of nitrogens with two attached hydrogens (primary N) is 1. The first-order valence-corrected chi connectivity index (χ1v) is 6.73. The predicted molar refractivity (Wildman–Crippen MR) is 74.4 cm³/mol. The molecule has 1 aliphatic rings. The van der Waals surface area contributed by atoms with E-state index in [0.717, 1.165) is 19.0 Å². The van der Waals surface area contributed by atoms with Gasteiger partial charge in [0.25, 0.3) is 0 Å². The lowest BCUT2D eigenvalue weighted by molar-refractivity contribution is 0.488. The van der Waals surface area contributed by atoms with E-state index in [0.29, 0.717) is 5.92 Å². The minimum absolute atomic E-state index is 0.624. The molecule has 2 nitrogen and oxygen atoms in total. The number of nitrogens with zero attached hydrogens (tertiary/aromatic N) is 1. The molecule has 0 radical (unpaired) electrons. The maximum atomic E-state index is 5.69. The first-order chi connectivity index (χ1) is 8.20. The fourth-order valence-electron chi connectivity index (χ4n) is 2.61. The highest BCUT2D eigenvalue weighted by Crippen LogP contribution is 2.29. The van der Waals surface area contributed by atoms with Gasteiger partial charge in [-0.05, 0) is 42.9 Å². The Hall–Kier alpha value is -1.02. The van der Waals surface area contributed by atoms with Crippen LogP contribution in [0.4, 0.5) is 5.69 Å². The summed E-state index contributed by atoms with van der Waals surface area (Å²) in [7, 11) is 0. The van der Waals surface area contributed by atoms with E-state index in [4.69, 9.17) is 5.73 Å². The fourth-order valence-corrected chi connectivity index (χ4v) is 2.61. The summed E-state index contributed by atoms with van der Waals surface area (Å²) in [5, 5.41) is 0. The molecule has 2 rings (SSSR count). The van der Waals surface area contributed by atoms with E-state index in [1.807, 2.05) is 0 Å². The van der Waals surface area contributed by atoms with Gasteiger partial charge in [0.2, 0.25) is 0 Å². The molecule has 2 N–H and O–H groups in total. The quantitative estimate of drug-likeness (QED) is 0.865. The number of hydrogen-bond acceptors (Lipinski definition) is 2. The predicted octanol–water partition coefficient (Wildman–Crippen LogP) is 2.67. The summed E-state index contributed by atoms with van der Waals surface area (Å²) >= 11 is 0. The van der Waals surface area contributed by atoms with Gasteiger partial charge in [0.05, 0.1) is 0 Å². The lowest BCUT2D eigenvalue weighted by Crippen LogP contribution is -2.36. The summed E-state index contributed by atoms with van der Waals surface area (Å²) < 4.78 is 0. The van der Waals surface area contributed by atoms with Gasteiger partial charge in [-0.25, -0.2) is 0 Å². The molecule has 94 valence electrons. The van der Waals surface area contributed by atoms with Crippen LogP contribution in [0.25, 0.3) is 0 Å². The van der Waals surface area contributed by atoms with Crippen molar-refractivity contribution in [2.45, 2.75) is 26.7 Å². The van der Waals surface area contributed by atoms with Gasteiger partial charge in [0.1, 0.15) is 0 Å². The third kappa shape index (κ3) is 3.01. The highest BCUT2D eigenvalue weighted by atomic mass is 15.1. The van der Waals surface area contributed by atoms with Crippen molar-refractivity contribution in [3.63, 3.8) is 0 Å². The van der Waals surface area contributed by atoms with Crippen LogP contribution < -0.4 is 10.6 Å². The summed E-state index contributed by atoms with van der Waals surface area (Å²) in [5.41, 5.74) is 8.64. The lowest BCUT2D eigenvalue weighted by Gasteiger charge is -2.35. The standard InChI is InChI=1S/C15H24N2/c1-12(10-16)7-8-17-11-13(2)9-14-5-3-4-6-15(14)17/h3-6,12-13H,7-11,16H2,1-2H3. The van der Waals surface area contributed by atoms with Crippen LogP contribution >= 0.6 is 0 Å². The molecular weight excluding hydrogens is 208 g/mol. The molecule has 0 bridgehead atoms. The van der Waals surface area contributed by atoms with Crippen molar-refractivity contribution in [3.05, 3.63) is 29.8 Å². The zero-order valence-corrected chi connectivity index (χ0v) is 11.0. The van der Waals surface area contributed by atoms with E-state index >= 15 is 0 Å². The Morgan fingerprint density at radius 2 is 2.18 bits per heavy atom. The van der Waals surface area contributed by atoms with Crippen molar-refractivity contribution in [3.8, 4) is 0 Å². The van der Waals surface area contributed by atoms with E-state index in [-0.39, 0.29) is 0 Å². The molecule has 0 amide bonds. The zero-order chi connectivity index (χ0) is 12.3. The second kappa shape index (κ2) is 5.54. The molecule has 0 aliphatic carbocycles. The highest BCUT2D eigenvalue weighted by Gasteiger charge is 2.21. The molecular formula is C15H24N2. The van der Waals surface area contributed by atoms with Crippen LogP contribution in [0, 0.1) is 11.8 Å². The van der Waals surface area contributed by atoms with Gasteiger partial charge in [-0.2, -0.15) is 0 Å². The first kappa shape index (κ1) is 12.4. The van der Waals surface area contributed by atoms with Crippen LogP contribution in [0.15, 0.2) is 24.3 Å². The molecule has 2 atom stereocenters. The van der Waals surface area contributed by atoms with E-state index in [1.54, 1.807) is 0 Å². The van der Waals surface area contributed by atoms with Crippen LogP contribution in [-0.4, -0.2) is 19.6 Å². The van der Waals surface area contributed by atoms with Crippen LogP contribution in [0.2, 0.25) is 0 Å². The average Bonchev–Trinajstić information content (AvgIpc) is 2.35. The van der Waals surface area contributed by atoms with Crippen LogP contribution in [-0.2, 0) is 6.42 Å². The third-order valence-electron chi connectivity index (χ3n) is 3.73. The number of benzene rings is 1. The lowest BCUT2D eigenvalue weighted by atomic mass is 9.93. The van der Waals surface area contributed by atoms with Crippen molar-refractivity contribution in [1.29, 1.82) is 0 Å². The maximum absolute atomic E-state index is 5.69. The number of rotatable bonds is 4. The normalized spacial score (nSPS) is 21.1. The summed E-state index contributed by atoms with van der Waals surface area (Å²) in [5.74, 6) is 1.39. The Bertz CT molecular complexity index is 362. The Balaban J connectivity index is 2.07. The minimum Gasteiger partial charge on any atom is -0.371 e. The van der Waals surface area contributed by atoms with Crippen LogP contribution in [0.3, 0.4) is 0 Å². The van der Waals surface area contributed by atoms with Crippen molar-refractivity contribution >= 4 is 5.69 Å². The molecule has 0 fully saturated rings. The Labute approximate surface area is 105 Å². The molecule has 1 aromatic rings. The van der Waals surface area contributed by atoms with Gasteiger partial charge < -0.3 is 10.6 Å². The van der Waals surface area contributed by atoms with Crippen molar-refractivity contribution in [2.75, 3.05) is 24.5 Å². The molecule has 2 unspecified atom stereocenters. The largest absolute Gasteiger partial charge is 0.371 e. The molecule has 0 saturated carbocycles. The molecule has 0 spiro atoms. The summed E-state index contributed by atoms with van der Waals surface area (Å²) in [4.78, 5) is 2.54. The molecule has 17 heavy (non-hydrogen) atoms. The number of para-hydroxylation sites is 1. The highest BCUT2D eigenvalue weighted by molar-refractivity contribution is 5.55. The smallest absolute Gasteiger partial charge is 0.0398 e. The molecule has 2 heteroatoms. The maximum Gasteiger partial charge on any atom is 0.0398 e. The second-order valence-electron chi connectivity index (χ2n) is 5.51. The van der Waals surface area contributed by atoms with Crippen LogP contribution in [0.5, 0.6) is 0 Å². The monoisotopic (exact) mass is 232 g/mol. The van der Waals surface area contributed by atoms with E-state index in [1.165, 1.54) is 30.6 Å². The van der Waals surface area contributed by atoms with Crippen LogP contribution in [0.1, 0.15) is 25.8 Å². The van der Waals surface area contributed by atoms with Gasteiger partial charge in [-0.1, -0.05) is 32.0 Å². The average molecular weight is 232 g/mol. The topological polar surface area (TPSA) is 29.3 Å². The van der Waals surface area contributed by atoms with Gasteiger partial charge in [-0.15, -0.1) is 0 Å². The second-order valence-corrected chi connectivity index (χ2v) is 5.51. The van der Waals surface area contributed by atoms with Crippen molar-refractivity contribution in [1.82, 2.24) is 0 Å². The van der Waals surface area contributed by atoms with E-state index in [9.17, 15) is 0 Å². The van der Waals surface area contributed by atoms with Crippen molar-refractivity contribution in [2.24, 2.45) is 17.6 Å².